The van der Waals surface area contributed by atoms with Gasteiger partial charge < -0.3 is 5.11 Å². The van der Waals surface area contributed by atoms with Gasteiger partial charge in [-0.25, -0.2) is 4.39 Å². The van der Waals surface area contributed by atoms with Crippen LogP contribution in [0.5, 0.6) is 0 Å². The number of hydrogen-bond acceptors (Lipinski definition) is 2. The maximum absolute atomic E-state index is 12.8. The first-order valence-corrected chi connectivity index (χ1v) is 6.56. The Morgan fingerprint density at radius 1 is 1.22 bits per heavy atom. The third kappa shape index (κ3) is 3.93. The number of nitrogens with zero attached hydrogens (tertiary/aromatic N) is 1. The molecule has 0 aliphatic carbocycles. The second-order valence-electron chi connectivity index (χ2n) is 4.77. The largest absolute Gasteiger partial charge is 0.388 e. The van der Waals surface area contributed by atoms with Crippen molar-refractivity contribution in [3.63, 3.8) is 0 Å². The summed E-state index contributed by atoms with van der Waals surface area (Å²) in [5.41, 5.74) is 0.801. The summed E-state index contributed by atoms with van der Waals surface area (Å²) in [4.78, 5) is 2.39. The van der Waals surface area contributed by atoms with E-state index in [0.29, 0.717) is 0 Å². The predicted octanol–water partition coefficient (Wildman–Crippen LogP) is 2.90. The molecule has 0 spiro atoms. The molecule has 1 heterocycles. The summed E-state index contributed by atoms with van der Waals surface area (Å²) in [5, 5.41) is 9.99. The number of aliphatic hydroxyl groups excluding tert-OH is 1. The highest BCUT2D eigenvalue weighted by Crippen LogP contribution is 2.19. The molecule has 0 radical (unpaired) electrons. The molecule has 0 aromatic heterocycles. The van der Waals surface area contributed by atoms with Gasteiger partial charge in [0.25, 0.3) is 0 Å². The first-order chi connectivity index (χ1) is 8.75. The van der Waals surface area contributed by atoms with Gasteiger partial charge in [0.15, 0.2) is 0 Å². The predicted molar refractivity (Wildman–Crippen MR) is 70.8 cm³/mol. The summed E-state index contributed by atoms with van der Waals surface area (Å²) in [7, 11) is 0. The molecule has 0 amide bonds. The third-order valence-electron chi connectivity index (χ3n) is 3.35. The van der Waals surface area contributed by atoms with Crippen molar-refractivity contribution in [2.24, 2.45) is 0 Å². The highest BCUT2D eigenvalue weighted by molar-refractivity contribution is 5.18. The Bertz CT molecular complexity index is 388. The molecule has 1 atom stereocenters. The van der Waals surface area contributed by atoms with Gasteiger partial charge in [-0.2, -0.15) is 0 Å². The van der Waals surface area contributed by atoms with Crippen molar-refractivity contribution in [1.82, 2.24) is 4.90 Å². The monoisotopic (exact) mass is 249 g/mol. The lowest BCUT2D eigenvalue weighted by atomic mass is 10.0. The number of benzene rings is 1. The van der Waals surface area contributed by atoms with E-state index in [1.807, 2.05) is 0 Å². The van der Waals surface area contributed by atoms with Crippen LogP contribution in [0.1, 0.15) is 30.9 Å². The van der Waals surface area contributed by atoms with Crippen molar-refractivity contribution >= 4 is 0 Å². The molecule has 1 N–H and O–H groups in total. The van der Waals surface area contributed by atoms with E-state index in [0.717, 1.165) is 44.5 Å². The van der Waals surface area contributed by atoms with E-state index in [1.165, 1.54) is 12.1 Å². The Hall–Kier alpha value is -1.19. The molecular formula is C15H20FNO. The first kappa shape index (κ1) is 13.2. The standard InChI is InChI=1S/C15H20FNO/c16-14-8-6-13(7-9-14)15(18)5-4-12-17-10-2-1-3-11-17/h1-2,6-9,15,18H,3-5,10-12H2. The highest BCUT2D eigenvalue weighted by Gasteiger charge is 2.10. The molecule has 0 saturated carbocycles. The van der Waals surface area contributed by atoms with Crippen molar-refractivity contribution in [3.05, 3.63) is 47.8 Å². The Balaban J connectivity index is 1.72. The van der Waals surface area contributed by atoms with Gasteiger partial charge >= 0.3 is 0 Å². The van der Waals surface area contributed by atoms with Crippen LogP contribution in [0, 0.1) is 5.82 Å². The zero-order valence-corrected chi connectivity index (χ0v) is 10.6. The van der Waals surface area contributed by atoms with E-state index in [1.54, 1.807) is 12.1 Å². The van der Waals surface area contributed by atoms with Crippen LogP contribution in [0.25, 0.3) is 0 Å². The Morgan fingerprint density at radius 2 is 2.00 bits per heavy atom. The second kappa shape index (κ2) is 6.66. The van der Waals surface area contributed by atoms with Crippen LogP contribution in [0.4, 0.5) is 4.39 Å². The van der Waals surface area contributed by atoms with Gasteiger partial charge in [0, 0.05) is 13.1 Å². The van der Waals surface area contributed by atoms with Crippen LogP contribution in [0.2, 0.25) is 0 Å². The fraction of sp³-hybridized carbons (Fsp3) is 0.467. The Labute approximate surface area is 108 Å². The quantitative estimate of drug-likeness (QED) is 0.811. The summed E-state index contributed by atoms with van der Waals surface area (Å²) in [6.07, 6.45) is 6.74. The molecule has 1 aromatic rings. The molecule has 3 heteroatoms. The fourth-order valence-electron chi connectivity index (χ4n) is 2.25. The molecule has 1 aromatic carbocycles. The third-order valence-corrected chi connectivity index (χ3v) is 3.35. The lowest BCUT2D eigenvalue weighted by Gasteiger charge is -2.23. The summed E-state index contributed by atoms with van der Waals surface area (Å²) in [6.45, 7) is 3.15. The highest BCUT2D eigenvalue weighted by atomic mass is 19.1. The molecule has 0 bridgehead atoms. The van der Waals surface area contributed by atoms with Gasteiger partial charge in [-0.1, -0.05) is 24.3 Å². The maximum Gasteiger partial charge on any atom is 0.123 e. The fourth-order valence-corrected chi connectivity index (χ4v) is 2.25. The average Bonchev–Trinajstić information content (AvgIpc) is 2.40. The van der Waals surface area contributed by atoms with E-state index < -0.39 is 6.10 Å². The van der Waals surface area contributed by atoms with Gasteiger partial charge in [0.1, 0.15) is 5.82 Å². The molecule has 1 unspecified atom stereocenters. The Kier molecular flexibility index (Phi) is 4.90. The maximum atomic E-state index is 12.8. The summed E-state index contributed by atoms with van der Waals surface area (Å²) in [5.74, 6) is -0.258. The molecule has 98 valence electrons. The summed E-state index contributed by atoms with van der Waals surface area (Å²) >= 11 is 0. The van der Waals surface area contributed by atoms with Gasteiger partial charge in [0.05, 0.1) is 6.10 Å². The zero-order valence-electron chi connectivity index (χ0n) is 10.6. The van der Waals surface area contributed by atoms with E-state index in [9.17, 15) is 9.50 Å². The van der Waals surface area contributed by atoms with Crippen molar-refractivity contribution in [2.45, 2.75) is 25.4 Å². The van der Waals surface area contributed by atoms with Gasteiger partial charge in [0.2, 0.25) is 0 Å². The molecule has 0 fully saturated rings. The number of hydrogen-bond donors (Lipinski definition) is 1. The molecular weight excluding hydrogens is 229 g/mol. The van der Waals surface area contributed by atoms with E-state index >= 15 is 0 Å². The van der Waals surface area contributed by atoms with E-state index in [2.05, 4.69) is 17.1 Å². The topological polar surface area (TPSA) is 23.5 Å². The number of rotatable bonds is 5. The molecule has 1 aliphatic rings. The lowest BCUT2D eigenvalue weighted by Crippen LogP contribution is -2.28. The first-order valence-electron chi connectivity index (χ1n) is 6.56. The average molecular weight is 249 g/mol. The number of halogens is 1. The molecule has 1 aliphatic heterocycles. The van der Waals surface area contributed by atoms with Crippen LogP contribution in [0.3, 0.4) is 0 Å². The van der Waals surface area contributed by atoms with Gasteiger partial charge in [-0.3, -0.25) is 4.90 Å². The summed E-state index contributed by atoms with van der Waals surface area (Å²) < 4.78 is 12.8. The van der Waals surface area contributed by atoms with E-state index in [-0.39, 0.29) is 5.82 Å². The van der Waals surface area contributed by atoms with E-state index in [4.69, 9.17) is 0 Å². The van der Waals surface area contributed by atoms with Gasteiger partial charge in [-0.05, 0) is 43.5 Å². The Morgan fingerprint density at radius 3 is 2.67 bits per heavy atom. The number of aliphatic hydroxyl groups is 1. The smallest absolute Gasteiger partial charge is 0.123 e. The molecule has 2 nitrogen and oxygen atoms in total. The minimum Gasteiger partial charge on any atom is -0.388 e. The molecule has 0 saturated heterocycles. The zero-order chi connectivity index (χ0) is 12.8. The van der Waals surface area contributed by atoms with Crippen LogP contribution >= 0.6 is 0 Å². The van der Waals surface area contributed by atoms with Gasteiger partial charge in [-0.15, -0.1) is 0 Å². The normalized spacial score (nSPS) is 17.9. The van der Waals surface area contributed by atoms with Crippen molar-refractivity contribution in [1.29, 1.82) is 0 Å². The van der Waals surface area contributed by atoms with Crippen LogP contribution < -0.4 is 0 Å². The lowest BCUT2D eigenvalue weighted by molar-refractivity contribution is 0.156. The van der Waals surface area contributed by atoms with Crippen molar-refractivity contribution < 1.29 is 9.50 Å². The summed E-state index contributed by atoms with van der Waals surface area (Å²) in [6, 6.07) is 6.11. The van der Waals surface area contributed by atoms with Crippen molar-refractivity contribution in [2.75, 3.05) is 19.6 Å². The minimum absolute atomic E-state index is 0.258. The molecule has 18 heavy (non-hydrogen) atoms. The minimum atomic E-state index is -0.481. The van der Waals surface area contributed by atoms with Crippen LogP contribution in [-0.2, 0) is 0 Å². The molecule has 2 rings (SSSR count). The second-order valence-corrected chi connectivity index (χ2v) is 4.77. The SMILES string of the molecule is OC(CCCN1CC=CCC1)c1ccc(F)cc1. The van der Waals surface area contributed by atoms with Crippen molar-refractivity contribution in [3.8, 4) is 0 Å². The van der Waals surface area contributed by atoms with Crippen LogP contribution in [0.15, 0.2) is 36.4 Å². The van der Waals surface area contributed by atoms with Crippen LogP contribution in [-0.4, -0.2) is 29.6 Å².